The molecule has 1 unspecified atom stereocenters. The molecule has 25 heavy (non-hydrogen) atoms. The first-order valence-electron chi connectivity index (χ1n) is 8.67. The van der Waals surface area contributed by atoms with Gasteiger partial charge in [-0.05, 0) is 25.1 Å². The summed E-state index contributed by atoms with van der Waals surface area (Å²) in [6.45, 7) is 4.44. The van der Waals surface area contributed by atoms with E-state index in [9.17, 15) is 4.79 Å². The third kappa shape index (κ3) is 3.88. The molecule has 2 heterocycles. The first kappa shape index (κ1) is 17.6. The molecule has 1 saturated heterocycles. The van der Waals surface area contributed by atoms with Gasteiger partial charge in [0.05, 0.1) is 18.7 Å². The molecule has 3 rings (SSSR count). The van der Waals surface area contributed by atoms with E-state index < -0.39 is 0 Å². The lowest BCUT2D eigenvalue weighted by molar-refractivity contribution is -0.120. The number of aromatic nitrogens is 3. The van der Waals surface area contributed by atoms with Gasteiger partial charge in [-0.3, -0.25) is 4.79 Å². The molecule has 7 heteroatoms. The minimum atomic E-state index is -0.158. The fourth-order valence-corrected chi connectivity index (χ4v) is 3.01. The van der Waals surface area contributed by atoms with Crippen LogP contribution in [0.25, 0.3) is 5.69 Å². The Morgan fingerprint density at radius 1 is 1.40 bits per heavy atom. The number of rotatable bonds is 5. The summed E-state index contributed by atoms with van der Waals surface area (Å²) in [6.07, 6.45) is 0.897. The summed E-state index contributed by atoms with van der Waals surface area (Å²) in [5.74, 6) is 1.16. The van der Waals surface area contributed by atoms with Crippen molar-refractivity contribution in [3.63, 3.8) is 0 Å². The summed E-state index contributed by atoms with van der Waals surface area (Å²) in [5.41, 5.74) is 2.18. The zero-order chi connectivity index (χ0) is 17.8. The standard InChI is InChI=1S/C18H25N5O2/c1-4-13-7-5-6-8-14(13)23-18(15-12-22(3)9-10-25-15)20-16(21-23)11-17(24)19-2/h5-8,15H,4,9-12H2,1-3H3,(H,19,24). The maximum absolute atomic E-state index is 11.7. The van der Waals surface area contributed by atoms with E-state index in [2.05, 4.69) is 40.3 Å². The van der Waals surface area contributed by atoms with E-state index in [0.717, 1.165) is 31.0 Å². The molecule has 1 aliphatic heterocycles. The number of para-hydroxylation sites is 1. The SMILES string of the molecule is CCc1ccccc1-n1nc(CC(=O)NC)nc1C1CN(C)CCO1. The van der Waals surface area contributed by atoms with E-state index in [0.29, 0.717) is 12.4 Å². The number of hydrogen-bond acceptors (Lipinski definition) is 5. The summed E-state index contributed by atoms with van der Waals surface area (Å²) in [5, 5.41) is 7.25. The summed E-state index contributed by atoms with van der Waals surface area (Å²) in [4.78, 5) is 18.6. The second kappa shape index (κ2) is 7.76. The first-order chi connectivity index (χ1) is 12.1. The van der Waals surface area contributed by atoms with Crippen LogP contribution in [0.5, 0.6) is 0 Å². The molecule has 1 N–H and O–H groups in total. The highest BCUT2D eigenvalue weighted by Crippen LogP contribution is 2.25. The average Bonchev–Trinajstić information content (AvgIpc) is 3.05. The number of ether oxygens (including phenoxy) is 1. The van der Waals surface area contributed by atoms with Gasteiger partial charge in [0.1, 0.15) is 6.10 Å². The fraction of sp³-hybridized carbons (Fsp3) is 0.500. The second-order valence-electron chi connectivity index (χ2n) is 6.25. The highest BCUT2D eigenvalue weighted by molar-refractivity contribution is 5.77. The van der Waals surface area contributed by atoms with Crippen molar-refractivity contribution in [2.75, 3.05) is 33.8 Å². The number of aryl methyl sites for hydroxylation is 1. The molecular weight excluding hydrogens is 318 g/mol. The number of morpholine rings is 1. The molecule has 134 valence electrons. The van der Waals surface area contributed by atoms with E-state index >= 15 is 0 Å². The number of hydrogen-bond donors (Lipinski definition) is 1. The molecule has 1 aromatic carbocycles. The van der Waals surface area contributed by atoms with E-state index in [1.54, 1.807) is 7.05 Å². The van der Waals surface area contributed by atoms with Crippen molar-refractivity contribution in [1.82, 2.24) is 25.0 Å². The maximum Gasteiger partial charge on any atom is 0.227 e. The Balaban J connectivity index is 2.03. The molecular formula is C18H25N5O2. The molecule has 1 fully saturated rings. The Kier molecular flexibility index (Phi) is 5.45. The molecule has 0 spiro atoms. The zero-order valence-corrected chi connectivity index (χ0v) is 15.0. The number of nitrogens with one attached hydrogen (secondary N) is 1. The molecule has 1 aromatic heterocycles. The minimum Gasteiger partial charge on any atom is -0.368 e. The predicted octanol–water partition coefficient (Wildman–Crippen LogP) is 1.12. The van der Waals surface area contributed by atoms with E-state index in [-0.39, 0.29) is 18.4 Å². The van der Waals surface area contributed by atoms with Crippen molar-refractivity contribution < 1.29 is 9.53 Å². The summed E-state index contributed by atoms with van der Waals surface area (Å²) < 4.78 is 7.80. The number of carbonyl (C=O) groups excluding carboxylic acids is 1. The van der Waals surface area contributed by atoms with Crippen LogP contribution in [0.1, 0.15) is 30.2 Å². The topological polar surface area (TPSA) is 72.3 Å². The molecule has 0 aliphatic carbocycles. The van der Waals surface area contributed by atoms with Crippen LogP contribution < -0.4 is 5.32 Å². The number of nitrogens with zero attached hydrogens (tertiary/aromatic N) is 4. The van der Waals surface area contributed by atoms with Crippen molar-refractivity contribution >= 4 is 5.91 Å². The van der Waals surface area contributed by atoms with Crippen molar-refractivity contribution in [1.29, 1.82) is 0 Å². The zero-order valence-electron chi connectivity index (χ0n) is 15.0. The minimum absolute atomic E-state index is 0.103. The Labute approximate surface area is 148 Å². The quantitative estimate of drug-likeness (QED) is 0.881. The van der Waals surface area contributed by atoms with Gasteiger partial charge in [0.15, 0.2) is 11.6 Å². The van der Waals surface area contributed by atoms with Gasteiger partial charge in [0.2, 0.25) is 5.91 Å². The Morgan fingerprint density at radius 3 is 2.92 bits per heavy atom. The summed E-state index contributed by atoms with van der Waals surface area (Å²) in [6, 6.07) is 8.14. The van der Waals surface area contributed by atoms with Gasteiger partial charge in [-0.1, -0.05) is 25.1 Å². The lowest BCUT2D eigenvalue weighted by atomic mass is 10.1. The van der Waals surface area contributed by atoms with Gasteiger partial charge in [0.25, 0.3) is 0 Å². The number of carbonyl (C=O) groups is 1. The first-order valence-corrected chi connectivity index (χ1v) is 8.67. The van der Waals surface area contributed by atoms with E-state index in [4.69, 9.17) is 4.74 Å². The average molecular weight is 343 g/mol. The maximum atomic E-state index is 11.7. The van der Waals surface area contributed by atoms with Crippen LogP contribution in [0.4, 0.5) is 0 Å². The van der Waals surface area contributed by atoms with Crippen LogP contribution in [-0.2, 0) is 22.4 Å². The van der Waals surface area contributed by atoms with Crippen LogP contribution in [0.15, 0.2) is 24.3 Å². The Bertz CT molecular complexity index is 743. The predicted molar refractivity (Wildman–Crippen MR) is 94.7 cm³/mol. The summed E-state index contributed by atoms with van der Waals surface area (Å²) in [7, 11) is 3.69. The number of amides is 1. The Morgan fingerprint density at radius 2 is 2.20 bits per heavy atom. The lowest BCUT2D eigenvalue weighted by Gasteiger charge is -2.29. The summed E-state index contributed by atoms with van der Waals surface area (Å²) >= 11 is 0. The Hall–Kier alpha value is -2.25. The second-order valence-corrected chi connectivity index (χ2v) is 6.25. The van der Waals surface area contributed by atoms with Crippen molar-refractivity contribution in [2.24, 2.45) is 0 Å². The monoisotopic (exact) mass is 343 g/mol. The lowest BCUT2D eigenvalue weighted by Crippen LogP contribution is -2.36. The van der Waals surface area contributed by atoms with Gasteiger partial charge in [-0.2, -0.15) is 5.10 Å². The van der Waals surface area contributed by atoms with Gasteiger partial charge < -0.3 is 15.0 Å². The highest BCUT2D eigenvalue weighted by atomic mass is 16.5. The van der Waals surface area contributed by atoms with Crippen LogP contribution in [0.3, 0.4) is 0 Å². The van der Waals surface area contributed by atoms with Gasteiger partial charge >= 0.3 is 0 Å². The third-order valence-corrected chi connectivity index (χ3v) is 4.43. The van der Waals surface area contributed by atoms with Crippen molar-refractivity contribution in [3.05, 3.63) is 41.5 Å². The van der Waals surface area contributed by atoms with E-state index in [1.807, 2.05) is 22.9 Å². The number of benzene rings is 1. The van der Waals surface area contributed by atoms with Gasteiger partial charge in [-0.15, -0.1) is 0 Å². The van der Waals surface area contributed by atoms with Crippen LogP contribution in [0.2, 0.25) is 0 Å². The van der Waals surface area contributed by atoms with Crippen molar-refractivity contribution in [2.45, 2.75) is 25.9 Å². The molecule has 0 bridgehead atoms. The number of likely N-dealkylation sites (N-methyl/N-ethyl adjacent to an activating group) is 2. The molecule has 2 aromatic rings. The van der Waals surface area contributed by atoms with Crippen LogP contribution in [0, 0.1) is 0 Å². The van der Waals surface area contributed by atoms with Gasteiger partial charge in [0, 0.05) is 20.1 Å². The van der Waals surface area contributed by atoms with Crippen LogP contribution in [-0.4, -0.2) is 59.4 Å². The fourth-order valence-electron chi connectivity index (χ4n) is 3.01. The van der Waals surface area contributed by atoms with E-state index in [1.165, 1.54) is 5.56 Å². The molecule has 0 radical (unpaired) electrons. The molecule has 1 amide bonds. The smallest absolute Gasteiger partial charge is 0.227 e. The van der Waals surface area contributed by atoms with Crippen molar-refractivity contribution in [3.8, 4) is 5.69 Å². The molecule has 7 nitrogen and oxygen atoms in total. The van der Waals surface area contributed by atoms with Crippen LogP contribution >= 0.6 is 0 Å². The molecule has 1 atom stereocenters. The highest BCUT2D eigenvalue weighted by Gasteiger charge is 2.27. The molecule has 0 saturated carbocycles. The molecule has 1 aliphatic rings. The van der Waals surface area contributed by atoms with Gasteiger partial charge in [-0.25, -0.2) is 9.67 Å². The largest absolute Gasteiger partial charge is 0.368 e. The third-order valence-electron chi connectivity index (χ3n) is 4.43. The normalized spacial score (nSPS) is 18.3.